The van der Waals surface area contributed by atoms with E-state index in [1.165, 1.54) is 30.0 Å². The number of thioether (sulfide) groups is 1. The molecule has 6 nitrogen and oxygen atoms in total. The van der Waals surface area contributed by atoms with Crippen molar-refractivity contribution in [1.82, 2.24) is 9.55 Å². The second kappa shape index (κ2) is 9.50. The van der Waals surface area contributed by atoms with E-state index >= 15 is 0 Å². The molecule has 0 atom stereocenters. The number of carbonyl (C=O) groups excluding carboxylic acids is 2. The molecule has 8 heteroatoms. The van der Waals surface area contributed by atoms with Crippen LogP contribution < -0.4 is 10.9 Å². The van der Waals surface area contributed by atoms with Crippen LogP contribution in [0.3, 0.4) is 0 Å². The number of nitrogens with zero attached hydrogens (tertiary/aromatic N) is 2. The van der Waals surface area contributed by atoms with Gasteiger partial charge in [-0.25, -0.2) is 4.98 Å². The van der Waals surface area contributed by atoms with Crippen LogP contribution in [-0.4, -0.2) is 27.0 Å². The summed E-state index contributed by atoms with van der Waals surface area (Å²) in [4.78, 5) is 42.7. The minimum Gasteiger partial charge on any atom is -0.325 e. The number of fused-ring (bicyclic) bond motifs is 1. The Morgan fingerprint density at radius 1 is 1.09 bits per heavy atom. The number of thiophene rings is 1. The zero-order valence-electron chi connectivity index (χ0n) is 17.6. The Balaban J connectivity index is 1.56. The number of hydrogen-bond donors (Lipinski definition) is 1. The third-order valence-corrected chi connectivity index (χ3v) is 7.00. The Kier molecular flexibility index (Phi) is 6.53. The molecule has 0 aliphatic carbocycles. The van der Waals surface area contributed by atoms with Gasteiger partial charge in [-0.1, -0.05) is 54.2 Å². The molecule has 0 saturated heterocycles. The van der Waals surface area contributed by atoms with Crippen LogP contribution in [0.2, 0.25) is 0 Å². The number of ketones is 1. The van der Waals surface area contributed by atoms with Gasteiger partial charge in [0.2, 0.25) is 5.91 Å². The maximum Gasteiger partial charge on any atom is 0.272 e. The topological polar surface area (TPSA) is 81.1 Å². The number of rotatable bonds is 7. The molecule has 0 fully saturated rings. The summed E-state index contributed by atoms with van der Waals surface area (Å²) in [5, 5.41) is 3.31. The standard InChI is InChI=1S/C24H21N3O3S2/c1-3-27-23(30)22-19(13-20(32-22)16-8-5-4-6-9-16)26-24(27)31-14-21(29)25-18-11-7-10-17(12-18)15(2)28/h4-13H,3,14H2,1-2H3,(H,25,29). The van der Waals surface area contributed by atoms with Crippen molar-refractivity contribution in [3.8, 4) is 10.4 Å². The third kappa shape index (κ3) is 4.66. The van der Waals surface area contributed by atoms with E-state index < -0.39 is 0 Å². The molecule has 1 amide bonds. The summed E-state index contributed by atoms with van der Waals surface area (Å²) < 4.78 is 2.21. The smallest absolute Gasteiger partial charge is 0.272 e. The fourth-order valence-electron chi connectivity index (χ4n) is 3.27. The Morgan fingerprint density at radius 2 is 1.88 bits per heavy atom. The quantitative estimate of drug-likeness (QED) is 0.235. The Morgan fingerprint density at radius 3 is 2.59 bits per heavy atom. The van der Waals surface area contributed by atoms with Crippen LogP contribution in [-0.2, 0) is 11.3 Å². The number of anilines is 1. The van der Waals surface area contributed by atoms with Crippen LogP contribution in [0.15, 0.2) is 70.6 Å². The summed E-state index contributed by atoms with van der Waals surface area (Å²) in [5.41, 5.74) is 2.68. The average Bonchev–Trinajstić information content (AvgIpc) is 3.23. The third-order valence-electron chi connectivity index (χ3n) is 4.86. The van der Waals surface area contributed by atoms with E-state index in [4.69, 9.17) is 0 Å². The highest BCUT2D eigenvalue weighted by atomic mass is 32.2. The molecule has 0 bridgehead atoms. The van der Waals surface area contributed by atoms with Gasteiger partial charge < -0.3 is 5.32 Å². The first-order chi connectivity index (χ1) is 15.5. The molecular formula is C24H21N3O3S2. The van der Waals surface area contributed by atoms with Gasteiger partial charge in [0.25, 0.3) is 5.56 Å². The van der Waals surface area contributed by atoms with Gasteiger partial charge in [-0.2, -0.15) is 0 Å². The molecule has 0 spiro atoms. The lowest BCUT2D eigenvalue weighted by molar-refractivity contribution is -0.113. The van der Waals surface area contributed by atoms with Gasteiger partial charge in [0.05, 0.1) is 11.3 Å². The van der Waals surface area contributed by atoms with Gasteiger partial charge in [-0.15, -0.1) is 11.3 Å². The summed E-state index contributed by atoms with van der Waals surface area (Å²) in [6.45, 7) is 3.83. The second-order valence-corrected chi connectivity index (χ2v) is 9.10. The summed E-state index contributed by atoms with van der Waals surface area (Å²) in [7, 11) is 0. The zero-order chi connectivity index (χ0) is 22.7. The molecule has 2 aromatic carbocycles. The van der Waals surface area contributed by atoms with Gasteiger partial charge in [-0.05, 0) is 37.6 Å². The molecule has 0 saturated carbocycles. The van der Waals surface area contributed by atoms with Crippen molar-refractivity contribution in [2.24, 2.45) is 0 Å². The van der Waals surface area contributed by atoms with Crippen LogP contribution in [0.1, 0.15) is 24.2 Å². The number of hydrogen-bond acceptors (Lipinski definition) is 6. The first kappa shape index (κ1) is 22.0. The summed E-state index contributed by atoms with van der Waals surface area (Å²) in [5.74, 6) is -0.202. The number of carbonyl (C=O) groups is 2. The summed E-state index contributed by atoms with van der Waals surface area (Å²) >= 11 is 2.65. The van der Waals surface area contributed by atoms with E-state index in [9.17, 15) is 14.4 Å². The van der Waals surface area contributed by atoms with Crippen molar-refractivity contribution in [3.63, 3.8) is 0 Å². The van der Waals surface area contributed by atoms with Crippen molar-refractivity contribution >= 4 is 50.7 Å². The van der Waals surface area contributed by atoms with Crippen molar-refractivity contribution in [1.29, 1.82) is 0 Å². The van der Waals surface area contributed by atoms with E-state index in [2.05, 4.69) is 10.3 Å². The molecule has 0 aliphatic heterocycles. The summed E-state index contributed by atoms with van der Waals surface area (Å²) in [6, 6.07) is 18.6. The van der Waals surface area contributed by atoms with Gasteiger partial charge >= 0.3 is 0 Å². The summed E-state index contributed by atoms with van der Waals surface area (Å²) in [6.07, 6.45) is 0. The molecule has 0 aliphatic rings. The molecule has 2 aromatic heterocycles. The molecule has 4 rings (SSSR count). The normalized spacial score (nSPS) is 10.9. The van der Waals surface area contributed by atoms with Crippen molar-refractivity contribution in [3.05, 3.63) is 76.6 Å². The van der Waals surface area contributed by atoms with Crippen LogP contribution in [0.4, 0.5) is 5.69 Å². The van der Waals surface area contributed by atoms with Gasteiger partial charge in [0, 0.05) is 22.7 Å². The number of aromatic nitrogens is 2. The minimum absolute atomic E-state index is 0.0643. The van der Waals surface area contributed by atoms with E-state index in [1.807, 2.05) is 43.3 Å². The van der Waals surface area contributed by atoms with Gasteiger partial charge in [0.1, 0.15) is 4.70 Å². The molecule has 2 heterocycles. The number of nitrogens with one attached hydrogen (secondary N) is 1. The average molecular weight is 464 g/mol. The number of amides is 1. The zero-order valence-corrected chi connectivity index (χ0v) is 19.3. The molecule has 32 heavy (non-hydrogen) atoms. The predicted octanol–water partition coefficient (Wildman–Crippen LogP) is 5.08. The first-order valence-electron chi connectivity index (χ1n) is 10.1. The van der Waals surface area contributed by atoms with E-state index in [0.29, 0.717) is 33.2 Å². The number of benzene rings is 2. The first-order valence-corrected chi connectivity index (χ1v) is 11.9. The predicted molar refractivity (Wildman–Crippen MR) is 131 cm³/mol. The van der Waals surface area contributed by atoms with Gasteiger partial charge in [0.15, 0.2) is 10.9 Å². The van der Waals surface area contributed by atoms with Crippen LogP contribution in [0.25, 0.3) is 20.7 Å². The highest BCUT2D eigenvalue weighted by molar-refractivity contribution is 7.99. The maximum atomic E-state index is 13.0. The highest BCUT2D eigenvalue weighted by Gasteiger charge is 2.16. The fraction of sp³-hybridized carbons (Fsp3) is 0.167. The van der Waals surface area contributed by atoms with Crippen molar-refractivity contribution in [2.75, 3.05) is 11.1 Å². The van der Waals surface area contributed by atoms with Crippen molar-refractivity contribution in [2.45, 2.75) is 25.5 Å². The minimum atomic E-state index is -0.233. The second-order valence-electron chi connectivity index (χ2n) is 7.11. The lowest BCUT2D eigenvalue weighted by atomic mass is 10.1. The monoisotopic (exact) mass is 463 g/mol. The molecule has 0 unspecified atom stereocenters. The largest absolute Gasteiger partial charge is 0.325 e. The number of Topliss-reactive ketones (excluding diaryl/α,β-unsaturated/α-hetero) is 1. The van der Waals surface area contributed by atoms with Crippen molar-refractivity contribution < 1.29 is 9.59 Å². The molecule has 4 aromatic rings. The van der Waals surface area contributed by atoms with Crippen LogP contribution in [0, 0.1) is 0 Å². The van der Waals surface area contributed by atoms with Gasteiger partial charge in [-0.3, -0.25) is 19.0 Å². The fourth-order valence-corrected chi connectivity index (χ4v) is 5.18. The van der Waals surface area contributed by atoms with E-state index in [0.717, 1.165) is 10.4 Å². The highest BCUT2D eigenvalue weighted by Crippen LogP contribution is 2.32. The lowest BCUT2D eigenvalue weighted by Crippen LogP contribution is -2.22. The molecule has 1 N–H and O–H groups in total. The van der Waals surface area contributed by atoms with Crippen LogP contribution in [0.5, 0.6) is 0 Å². The Labute approximate surface area is 193 Å². The Bertz CT molecular complexity index is 1360. The molecule has 162 valence electrons. The maximum absolute atomic E-state index is 13.0. The van der Waals surface area contributed by atoms with E-state index in [1.54, 1.807) is 28.8 Å². The Hall–Kier alpha value is -3.23. The molecular weight excluding hydrogens is 442 g/mol. The molecule has 0 radical (unpaired) electrons. The van der Waals surface area contributed by atoms with Crippen LogP contribution >= 0.6 is 23.1 Å². The van der Waals surface area contributed by atoms with E-state index in [-0.39, 0.29) is 23.0 Å². The SMILES string of the molecule is CCn1c(SCC(=O)Nc2cccc(C(C)=O)c2)nc2cc(-c3ccccc3)sc2c1=O. The lowest BCUT2D eigenvalue weighted by Gasteiger charge is -2.10.